The smallest absolute Gasteiger partial charge is 0.0994 e. The summed E-state index contributed by atoms with van der Waals surface area (Å²) in [7, 11) is 0. The van der Waals surface area contributed by atoms with Crippen molar-refractivity contribution in [3.8, 4) is 0 Å². The van der Waals surface area contributed by atoms with Gasteiger partial charge in [0.2, 0.25) is 0 Å². The first kappa shape index (κ1) is 10.4. The number of hydrogen-bond acceptors (Lipinski definition) is 2. The minimum absolute atomic E-state index is 0.116. The Kier molecular flexibility index (Phi) is 3.20. The number of nitrogens with zero attached hydrogens (tertiary/aromatic N) is 2. The minimum Gasteiger partial charge on any atom is -0.183 e. The maximum Gasteiger partial charge on any atom is 0.0994 e. The number of rotatable bonds is 1. The van der Waals surface area contributed by atoms with Crippen LogP contribution in [0.2, 0.25) is 0 Å². The van der Waals surface area contributed by atoms with Crippen LogP contribution in [0.25, 0.3) is 0 Å². The minimum atomic E-state index is -0.116. The molecule has 0 aliphatic rings. The average Bonchev–Trinajstić information content (AvgIpc) is 2.01. The van der Waals surface area contributed by atoms with Gasteiger partial charge >= 0.3 is 0 Å². The maximum absolute atomic E-state index is 4.18. The molecule has 13 heavy (non-hydrogen) atoms. The molecule has 2 nitrogen and oxygen atoms in total. The molecule has 1 aromatic carbocycles. The molecular weight excluding hydrogens is 228 g/mol. The van der Waals surface area contributed by atoms with Crippen molar-refractivity contribution in [2.45, 2.75) is 26.3 Å². The summed E-state index contributed by atoms with van der Waals surface area (Å²) in [4.78, 5) is 0. The van der Waals surface area contributed by atoms with Gasteiger partial charge in [-0.3, -0.25) is 0 Å². The Balaban J connectivity index is 2.86. The van der Waals surface area contributed by atoms with Crippen molar-refractivity contribution < 1.29 is 0 Å². The van der Waals surface area contributed by atoms with Crippen LogP contribution in [-0.4, -0.2) is 5.54 Å². The third kappa shape index (κ3) is 3.68. The summed E-state index contributed by atoms with van der Waals surface area (Å²) in [5.74, 6) is 0. The number of hydrogen-bond donors (Lipinski definition) is 0. The molecule has 0 unspecified atom stereocenters. The molecule has 0 saturated carbocycles. The van der Waals surface area contributed by atoms with Crippen molar-refractivity contribution in [2.75, 3.05) is 0 Å². The van der Waals surface area contributed by atoms with E-state index >= 15 is 0 Å². The zero-order chi connectivity index (χ0) is 9.90. The molecule has 0 amide bonds. The largest absolute Gasteiger partial charge is 0.183 e. The predicted molar refractivity (Wildman–Crippen MR) is 58.4 cm³/mol. The Bertz CT molecular complexity index is 313. The first-order valence-corrected chi connectivity index (χ1v) is 4.96. The van der Waals surface area contributed by atoms with Crippen LogP contribution in [0, 0.1) is 0 Å². The third-order valence-electron chi connectivity index (χ3n) is 1.31. The summed E-state index contributed by atoms with van der Waals surface area (Å²) in [5.41, 5.74) is 0.757. The lowest BCUT2D eigenvalue weighted by Crippen LogP contribution is -2.07. The normalized spacial score (nSPS) is 12.3. The first-order chi connectivity index (χ1) is 5.99. The standard InChI is InChI=1S/C10H13BrN2/c1-10(2,3)13-12-9-7-5-4-6-8(9)11/h4-7H,1-3H3. The highest BCUT2D eigenvalue weighted by Gasteiger charge is 2.06. The van der Waals surface area contributed by atoms with Crippen LogP contribution >= 0.6 is 15.9 Å². The fraction of sp³-hybridized carbons (Fsp3) is 0.400. The van der Waals surface area contributed by atoms with Crippen molar-refractivity contribution >= 4 is 21.6 Å². The highest BCUT2D eigenvalue weighted by molar-refractivity contribution is 9.10. The van der Waals surface area contributed by atoms with Gasteiger partial charge in [-0.25, -0.2) is 0 Å². The molecule has 3 heteroatoms. The van der Waals surface area contributed by atoms with E-state index < -0.39 is 0 Å². The SMILES string of the molecule is CC(C)(C)N=Nc1ccccc1Br. The van der Waals surface area contributed by atoms with Crippen LogP contribution in [0.15, 0.2) is 39.0 Å². The fourth-order valence-corrected chi connectivity index (χ4v) is 1.10. The van der Waals surface area contributed by atoms with E-state index in [2.05, 4.69) is 26.2 Å². The van der Waals surface area contributed by atoms with Crippen LogP contribution in [-0.2, 0) is 0 Å². The van der Waals surface area contributed by atoms with Gasteiger partial charge in [0.25, 0.3) is 0 Å². The van der Waals surface area contributed by atoms with E-state index in [1.54, 1.807) is 0 Å². The fourth-order valence-electron chi connectivity index (χ4n) is 0.737. The van der Waals surface area contributed by atoms with Crippen molar-refractivity contribution in [1.29, 1.82) is 0 Å². The van der Waals surface area contributed by atoms with E-state index in [4.69, 9.17) is 0 Å². The van der Waals surface area contributed by atoms with Gasteiger partial charge in [-0.2, -0.15) is 10.2 Å². The van der Waals surface area contributed by atoms with Gasteiger partial charge in [-0.1, -0.05) is 12.1 Å². The lowest BCUT2D eigenvalue weighted by Gasteiger charge is -2.08. The van der Waals surface area contributed by atoms with Crippen molar-refractivity contribution in [2.24, 2.45) is 10.2 Å². The van der Waals surface area contributed by atoms with E-state index in [0.717, 1.165) is 10.2 Å². The average molecular weight is 241 g/mol. The van der Waals surface area contributed by atoms with Crippen molar-refractivity contribution in [1.82, 2.24) is 0 Å². The zero-order valence-electron chi connectivity index (χ0n) is 8.08. The zero-order valence-corrected chi connectivity index (χ0v) is 9.67. The number of azo groups is 1. The van der Waals surface area contributed by atoms with Gasteiger partial charge in [0.15, 0.2) is 0 Å². The molecule has 0 heterocycles. The molecule has 0 spiro atoms. The van der Waals surface area contributed by atoms with Gasteiger partial charge in [0.05, 0.1) is 11.2 Å². The van der Waals surface area contributed by atoms with Gasteiger partial charge in [-0.05, 0) is 48.8 Å². The van der Waals surface area contributed by atoms with Gasteiger partial charge in [0.1, 0.15) is 0 Å². The lowest BCUT2D eigenvalue weighted by molar-refractivity contribution is 0.552. The summed E-state index contributed by atoms with van der Waals surface area (Å²) in [6.45, 7) is 6.06. The van der Waals surface area contributed by atoms with E-state index in [0.29, 0.717) is 0 Å². The summed E-state index contributed by atoms with van der Waals surface area (Å²) >= 11 is 3.41. The molecule has 0 atom stereocenters. The third-order valence-corrected chi connectivity index (χ3v) is 1.98. The summed E-state index contributed by atoms with van der Waals surface area (Å²) in [6.07, 6.45) is 0. The molecule has 0 fully saturated rings. The number of benzene rings is 1. The molecule has 70 valence electrons. The second-order valence-electron chi connectivity index (χ2n) is 3.82. The molecule has 0 N–H and O–H groups in total. The van der Waals surface area contributed by atoms with E-state index in [1.165, 1.54) is 0 Å². The highest BCUT2D eigenvalue weighted by atomic mass is 79.9. The van der Waals surface area contributed by atoms with Gasteiger partial charge in [0, 0.05) is 4.47 Å². The van der Waals surface area contributed by atoms with Crippen LogP contribution in [0.3, 0.4) is 0 Å². The van der Waals surface area contributed by atoms with Crippen molar-refractivity contribution in [3.63, 3.8) is 0 Å². The highest BCUT2D eigenvalue weighted by Crippen LogP contribution is 2.25. The molecule has 1 aromatic rings. The van der Waals surface area contributed by atoms with Crippen LogP contribution < -0.4 is 0 Å². The second kappa shape index (κ2) is 4.01. The molecule has 0 aliphatic carbocycles. The molecule has 1 rings (SSSR count). The maximum atomic E-state index is 4.18. The van der Waals surface area contributed by atoms with Crippen LogP contribution in [0.5, 0.6) is 0 Å². The lowest BCUT2D eigenvalue weighted by atomic mass is 10.1. The van der Waals surface area contributed by atoms with E-state index in [-0.39, 0.29) is 5.54 Å². The van der Waals surface area contributed by atoms with Crippen LogP contribution in [0.1, 0.15) is 20.8 Å². The van der Waals surface area contributed by atoms with Gasteiger partial charge in [-0.15, -0.1) is 0 Å². The molecule has 0 bridgehead atoms. The molecular formula is C10H13BrN2. The van der Waals surface area contributed by atoms with E-state index in [1.807, 2.05) is 45.0 Å². The second-order valence-corrected chi connectivity index (χ2v) is 4.68. The molecule has 0 radical (unpaired) electrons. The summed E-state index contributed by atoms with van der Waals surface area (Å²) in [6, 6.07) is 7.79. The van der Waals surface area contributed by atoms with Crippen LogP contribution in [0.4, 0.5) is 5.69 Å². The quantitative estimate of drug-likeness (QED) is 0.653. The van der Waals surface area contributed by atoms with Crippen molar-refractivity contribution in [3.05, 3.63) is 28.7 Å². The summed E-state index contributed by atoms with van der Waals surface area (Å²) < 4.78 is 0.975. The molecule has 0 aliphatic heterocycles. The Morgan fingerprint density at radius 3 is 2.31 bits per heavy atom. The van der Waals surface area contributed by atoms with Gasteiger partial charge < -0.3 is 0 Å². The first-order valence-electron chi connectivity index (χ1n) is 4.16. The van der Waals surface area contributed by atoms with E-state index in [9.17, 15) is 0 Å². The monoisotopic (exact) mass is 240 g/mol. The predicted octanol–water partition coefficient (Wildman–Crippen LogP) is 4.33. The Labute approximate surface area is 87.2 Å². The summed E-state index contributed by atoms with van der Waals surface area (Å²) in [5, 5.41) is 8.34. The Morgan fingerprint density at radius 2 is 1.77 bits per heavy atom. The Morgan fingerprint density at radius 1 is 1.15 bits per heavy atom. The molecule has 0 aromatic heterocycles. The number of halogens is 1. The topological polar surface area (TPSA) is 24.7 Å². The Hall–Kier alpha value is -0.700. The molecule has 0 saturated heterocycles.